The molecule has 2 amide bonds. The molecule has 1 aromatic heterocycles. The molecule has 1 aromatic rings. The third-order valence-corrected chi connectivity index (χ3v) is 3.93. The fourth-order valence-corrected chi connectivity index (χ4v) is 2.60. The topological polar surface area (TPSA) is 78.6 Å². The van der Waals surface area contributed by atoms with Crippen molar-refractivity contribution in [2.45, 2.75) is 26.1 Å². The lowest BCUT2D eigenvalue weighted by molar-refractivity contribution is -0.202. The number of aliphatic hydroxyl groups excluding tert-OH is 1. The Bertz CT molecular complexity index is 518. The standard InChI is InChI=1S/C13H18F3N3O3/c1-8-11(18-7-22-8)4-17-12(21)19-3-2-10(13(14,15)16)9(5-19)6-20/h7,9-10,20H,2-6H2,1H3,(H,17,21). The van der Waals surface area contributed by atoms with Crippen molar-refractivity contribution in [3.8, 4) is 0 Å². The summed E-state index contributed by atoms with van der Waals surface area (Å²) < 4.78 is 43.5. The number of carbonyl (C=O) groups excluding carboxylic acids is 1. The van der Waals surface area contributed by atoms with Crippen LogP contribution in [0.2, 0.25) is 0 Å². The van der Waals surface area contributed by atoms with Crippen molar-refractivity contribution in [2.24, 2.45) is 11.8 Å². The molecule has 2 unspecified atom stereocenters. The highest BCUT2D eigenvalue weighted by Crippen LogP contribution is 2.37. The van der Waals surface area contributed by atoms with Crippen LogP contribution in [0.4, 0.5) is 18.0 Å². The van der Waals surface area contributed by atoms with Gasteiger partial charge in [0.1, 0.15) is 11.5 Å². The Balaban J connectivity index is 1.91. The zero-order valence-corrected chi connectivity index (χ0v) is 12.1. The number of aliphatic hydroxyl groups is 1. The lowest BCUT2D eigenvalue weighted by Crippen LogP contribution is -2.51. The largest absolute Gasteiger partial charge is 0.448 e. The van der Waals surface area contributed by atoms with Crippen LogP contribution >= 0.6 is 0 Å². The fourth-order valence-electron chi connectivity index (χ4n) is 2.60. The first kappa shape index (κ1) is 16.6. The lowest BCUT2D eigenvalue weighted by atomic mass is 9.85. The fraction of sp³-hybridized carbons (Fsp3) is 0.692. The van der Waals surface area contributed by atoms with Crippen LogP contribution in [0.15, 0.2) is 10.8 Å². The molecule has 0 bridgehead atoms. The second kappa shape index (κ2) is 6.55. The van der Waals surface area contributed by atoms with Crippen LogP contribution in [-0.4, -0.2) is 46.9 Å². The van der Waals surface area contributed by atoms with Gasteiger partial charge in [-0.3, -0.25) is 0 Å². The Morgan fingerprint density at radius 1 is 1.59 bits per heavy atom. The van der Waals surface area contributed by atoms with Gasteiger partial charge in [0.25, 0.3) is 0 Å². The average Bonchev–Trinajstić information content (AvgIpc) is 2.88. The summed E-state index contributed by atoms with van der Waals surface area (Å²) in [6, 6.07) is -0.471. The van der Waals surface area contributed by atoms with E-state index in [1.807, 2.05) is 0 Å². The number of nitrogens with zero attached hydrogens (tertiary/aromatic N) is 2. The number of amides is 2. The normalized spacial score (nSPS) is 22.7. The molecule has 2 atom stereocenters. The number of alkyl halides is 3. The molecular formula is C13H18F3N3O3. The molecule has 0 radical (unpaired) electrons. The SMILES string of the molecule is Cc1ocnc1CNC(=O)N1CCC(C(F)(F)F)C(CO)C1. The molecule has 124 valence electrons. The molecule has 1 fully saturated rings. The molecule has 22 heavy (non-hydrogen) atoms. The first-order valence-electron chi connectivity index (χ1n) is 6.92. The molecular weight excluding hydrogens is 303 g/mol. The van der Waals surface area contributed by atoms with E-state index in [4.69, 9.17) is 9.52 Å². The van der Waals surface area contributed by atoms with Gasteiger partial charge in [0, 0.05) is 25.6 Å². The first-order valence-corrected chi connectivity index (χ1v) is 6.92. The Morgan fingerprint density at radius 2 is 2.32 bits per heavy atom. The maximum absolute atomic E-state index is 12.8. The molecule has 0 aromatic carbocycles. The summed E-state index contributed by atoms with van der Waals surface area (Å²) in [4.78, 5) is 17.2. The van der Waals surface area contributed by atoms with Crippen molar-refractivity contribution in [3.05, 3.63) is 17.8 Å². The number of likely N-dealkylation sites (tertiary alicyclic amines) is 1. The number of nitrogens with one attached hydrogen (secondary N) is 1. The molecule has 1 aliphatic heterocycles. The predicted octanol–water partition coefficient (Wildman–Crippen LogP) is 1.69. The Hall–Kier alpha value is -1.77. The Labute approximate surface area is 125 Å². The first-order chi connectivity index (χ1) is 10.3. The van der Waals surface area contributed by atoms with E-state index in [1.54, 1.807) is 6.92 Å². The van der Waals surface area contributed by atoms with E-state index in [9.17, 15) is 18.0 Å². The van der Waals surface area contributed by atoms with Crippen molar-refractivity contribution >= 4 is 6.03 Å². The second-order valence-electron chi connectivity index (χ2n) is 5.34. The molecule has 2 rings (SSSR count). The number of hydrogen-bond donors (Lipinski definition) is 2. The quantitative estimate of drug-likeness (QED) is 0.888. The highest BCUT2D eigenvalue weighted by atomic mass is 19.4. The number of piperidine rings is 1. The summed E-state index contributed by atoms with van der Waals surface area (Å²) in [5, 5.41) is 11.8. The number of halogens is 3. The summed E-state index contributed by atoms with van der Waals surface area (Å²) >= 11 is 0. The Kier molecular flexibility index (Phi) is 4.94. The van der Waals surface area contributed by atoms with Crippen LogP contribution in [0.5, 0.6) is 0 Å². The van der Waals surface area contributed by atoms with Gasteiger partial charge in [0.2, 0.25) is 0 Å². The van der Waals surface area contributed by atoms with E-state index in [2.05, 4.69) is 10.3 Å². The highest BCUT2D eigenvalue weighted by molar-refractivity contribution is 5.74. The smallest absolute Gasteiger partial charge is 0.392 e. The van der Waals surface area contributed by atoms with Gasteiger partial charge in [-0.25, -0.2) is 9.78 Å². The summed E-state index contributed by atoms with van der Waals surface area (Å²) in [7, 11) is 0. The number of hydrogen-bond acceptors (Lipinski definition) is 4. The summed E-state index contributed by atoms with van der Waals surface area (Å²) in [6.07, 6.45) is -3.30. The molecule has 6 nitrogen and oxygen atoms in total. The van der Waals surface area contributed by atoms with E-state index in [-0.39, 0.29) is 26.1 Å². The van der Waals surface area contributed by atoms with Crippen LogP contribution in [-0.2, 0) is 6.54 Å². The van der Waals surface area contributed by atoms with Gasteiger partial charge in [0.15, 0.2) is 6.39 Å². The maximum atomic E-state index is 12.8. The molecule has 1 saturated heterocycles. The Morgan fingerprint density at radius 3 is 2.86 bits per heavy atom. The highest BCUT2D eigenvalue weighted by Gasteiger charge is 2.47. The minimum Gasteiger partial charge on any atom is -0.448 e. The van der Waals surface area contributed by atoms with Crippen LogP contribution in [0.25, 0.3) is 0 Å². The van der Waals surface area contributed by atoms with E-state index < -0.39 is 30.7 Å². The van der Waals surface area contributed by atoms with Gasteiger partial charge in [-0.05, 0) is 13.3 Å². The van der Waals surface area contributed by atoms with Gasteiger partial charge in [0.05, 0.1) is 12.5 Å². The summed E-state index contributed by atoms with van der Waals surface area (Å²) in [5.41, 5.74) is 0.567. The minimum absolute atomic E-state index is 0.00427. The molecule has 9 heteroatoms. The lowest BCUT2D eigenvalue weighted by Gasteiger charge is -2.38. The minimum atomic E-state index is -4.35. The van der Waals surface area contributed by atoms with E-state index in [0.717, 1.165) is 0 Å². The third-order valence-electron chi connectivity index (χ3n) is 3.93. The molecule has 0 aliphatic carbocycles. The molecule has 0 saturated carbocycles. The predicted molar refractivity (Wildman–Crippen MR) is 69.8 cm³/mol. The van der Waals surface area contributed by atoms with Crippen LogP contribution in [0.3, 0.4) is 0 Å². The van der Waals surface area contributed by atoms with Crippen molar-refractivity contribution in [2.75, 3.05) is 19.7 Å². The van der Waals surface area contributed by atoms with Crippen molar-refractivity contribution < 1.29 is 27.5 Å². The van der Waals surface area contributed by atoms with E-state index >= 15 is 0 Å². The number of urea groups is 1. The number of aryl methyl sites for hydroxylation is 1. The van der Waals surface area contributed by atoms with Crippen molar-refractivity contribution in [1.82, 2.24) is 15.2 Å². The van der Waals surface area contributed by atoms with Crippen molar-refractivity contribution in [1.29, 1.82) is 0 Å². The van der Waals surface area contributed by atoms with Gasteiger partial charge >= 0.3 is 12.2 Å². The van der Waals surface area contributed by atoms with Crippen LogP contribution < -0.4 is 5.32 Å². The van der Waals surface area contributed by atoms with E-state index in [0.29, 0.717) is 11.5 Å². The summed E-state index contributed by atoms with van der Waals surface area (Å²) in [5.74, 6) is -1.99. The number of carbonyl (C=O) groups is 1. The van der Waals surface area contributed by atoms with Gasteiger partial charge < -0.3 is 19.7 Å². The van der Waals surface area contributed by atoms with Gasteiger partial charge in [-0.15, -0.1) is 0 Å². The molecule has 1 aliphatic rings. The average molecular weight is 321 g/mol. The van der Waals surface area contributed by atoms with Crippen molar-refractivity contribution in [3.63, 3.8) is 0 Å². The number of aromatic nitrogens is 1. The molecule has 0 spiro atoms. The molecule has 2 heterocycles. The zero-order chi connectivity index (χ0) is 16.3. The monoisotopic (exact) mass is 321 g/mol. The van der Waals surface area contributed by atoms with Crippen LogP contribution in [0, 0.1) is 18.8 Å². The number of oxazole rings is 1. The van der Waals surface area contributed by atoms with Crippen LogP contribution in [0.1, 0.15) is 17.9 Å². The second-order valence-corrected chi connectivity index (χ2v) is 5.34. The van der Waals surface area contributed by atoms with Gasteiger partial charge in [-0.1, -0.05) is 0 Å². The number of rotatable bonds is 3. The van der Waals surface area contributed by atoms with Gasteiger partial charge in [-0.2, -0.15) is 13.2 Å². The molecule has 2 N–H and O–H groups in total. The third kappa shape index (κ3) is 3.70. The van der Waals surface area contributed by atoms with E-state index in [1.165, 1.54) is 11.3 Å². The summed E-state index contributed by atoms with van der Waals surface area (Å²) in [6.45, 7) is 1.13. The maximum Gasteiger partial charge on any atom is 0.392 e. The zero-order valence-electron chi connectivity index (χ0n) is 12.1.